The molecule has 0 spiro atoms. The predicted molar refractivity (Wildman–Crippen MR) is 231 cm³/mol. The third-order valence-corrected chi connectivity index (χ3v) is 19.4. The SMILES string of the molecule is C[C@@H]1[C@H](C)CC[C@]2(C(=O)O[C@H]3O[C@@H](CO[C@@H]4O[C@H](CO)[C@@H](O)[C@H](O)[C@@H]4O)[C@H](O)[C@@H](O)[C@H]3O)CC[C@]3(C(=O)O)C(=CC[C@@H]4[C@@]5(C)CC[C@H](O[C@@H]6O[C@H](C)[C@@H](O)[C@H](O)[C@@H]6O)C(C)(C)[C@@H]5CC[C@]43C)[C@H]12. The number of aliphatic hydroxyl groups is 10. The average Bonchev–Trinajstić information content (AvgIpc) is 3.28. The Kier molecular flexibility index (Phi) is 14.0. The number of carboxylic acid groups (broad SMARTS) is 1. The van der Waals surface area contributed by atoms with Gasteiger partial charge in [-0.25, -0.2) is 0 Å². The van der Waals surface area contributed by atoms with Crippen molar-refractivity contribution in [3.05, 3.63) is 11.6 Å². The van der Waals surface area contributed by atoms with Crippen LogP contribution in [0.25, 0.3) is 0 Å². The molecule has 0 aromatic rings. The van der Waals surface area contributed by atoms with Gasteiger partial charge in [-0.3, -0.25) is 9.59 Å². The van der Waals surface area contributed by atoms with Gasteiger partial charge in [-0.05, 0) is 111 Å². The summed E-state index contributed by atoms with van der Waals surface area (Å²) in [7, 11) is 0. The first kappa shape index (κ1) is 51.4. The fourth-order valence-corrected chi connectivity index (χ4v) is 15.3. The fourth-order valence-electron chi connectivity index (χ4n) is 15.3. The van der Waals surface area contributed by atoms with Crippen molar-refractivity contribution in [3.8, 4) is 0 Å². The Balaban J connectivity index is 1.05. The van der Waals surface area contributed by atoms with Crippen LogP contribution in [-0.2, 0) is 38.0 Å². The summed E-state index contributed by atoms with van der Waals surface area (Å²) in [6, 6.07) is 0. The fraction of sp³-hybridized carbons (Fsp3) is 0.917. The lowest BCUT2D eigenvalue weighted by Gasteiger charge is -2.70. The van der Waals surface area contributed by atoms with Gasteiger partial charge in [0.05, 0.1) is 36.3 Å². The smallest absolute Gasteiger partial charge is 0.315 e. The Morgan fingerprint density at radius 3 is 1.94 bits per heavy atom. The summed E-state index contributed by atoms with van der Waals surface area (Å²) in [6.07, 6.45) is -16.6. The molecule has 3 aliphatic heterocycles. The molecule has 382 valence electrons. The molecule has 0 aromatic carbocycles. The lowest BCUT2D eigenvalue weighted by Crippen LogP contribution is -2.68. The van der Waals surface area contributed by atoms with Gasteiger partial charge in [0.25, 0.3) is 0 Å². The Labute approximate surface area is 391 Å². The molecule has 0 radical (unpaired) electrons. The third kappa shape index (κ3) is 7.79. The van der Waals surface area contributed by atoms with E-state index in [0.29, 0.717) is 44.9 Å². The van der Waals surface area contributed by atoms with Crippen molar-refractivity contribution in [3.63, 3.8) is 0 Å². The average molecular weight is 957 g/mol. The van der Waals surface area contributed by atoms with Gasteiger partial charge in [-0.15, -0.1) is 0 Å². The van der Waals surface area contributed by atoms with Gasteiger partial charge in [0.2, 0.25) is 6.29 Å². The minimum Gasteiger partial charge on any atom is -0.481 e. The number of ether oxygens (including phenoxy) is 6. The van der Waals surface area contributed by atoms with E-state index in [9.17, 15) is 61.0 Å². The number of hydrogen-bond acceptors (Lipinski definition) is 18. The summed E-state index contributed by atoms with van der Waals surface area (Å²) in [5.41, 5.74) is -3.35. The summed E-state index contributed by atoms with van der Waals surface area (Å²) in [4.78, 5) is 29.4. The van der Waals surface area contributed by atoms with Crippen molar-refractivity contribution < 1.29 is 94.2 Å². The van der Waals surface area contributed by atoms with Crippen LogP contribution in [0.3, 0.4) is 0 Å². The maximum Gasteiger partial charge on any atom is 0.315 e. The van der Waals surface area contributed by atoms with Crippen molar-refractivity contribution in [2.45, 2.75) is 204 Å². The molecule has 25 atom stereocenters. The molecule has 7 fully saturated rings. The lowest BCUT2D eigenvalue weighted by atomic mass is 9.33. The van der Waals surface area contributed by atoms with E-state index in [1.54, 1.807) is 6.92 Å². The maximum atomic E-state index is 15.0. The van der Waals surface area contributed by atoms with E-state index in [0.717, 1.165) is 5.57 Å². The molecule has 8 rings (SSSR count). The van der Waals surface area contributed by atoms with Crippen molar-refractivity contribution in [1.29, 1.82) is 0 Å². The van der Waals surface area contributed by atoms with Crippen molar-refractivity contribution >= 4 is 11.9 Å². The Morgan fingerprint density at radius 1 is 0.672 bits per heavy atom. The maximum absolute atomic E-state index is 15.0. The van der Waals surface area contributed by atoms with Crippen LogP contribution in [-0.4, -0.2) is 180 Å². The number of allylic oxidation sites excluding steroid dienone is 1. The third-order valence-electron chi connectivity index (χ3n) is 19.4. The molecule has 11 N–H and O–H groups in total. The van der Waals surface area contributed by atoms with E-state index in [1.165, 1.54) is 0 Å². The first-order chi connectivity index (χ1) is 31.3. The minimum atomic E-state index is -1.89. The number of rotatable bonds is 9. The lowest BCUT2D eigenvalue weighted by molar-refractivity contribution is -0.328. The van der Waals surface area contributed by atoms with E-state index < -0.39 is 145 Å². The Bertz CT molecular complexity index is 1860. The van der Waals surface area contributed by atoms with Crippen LogP contribution in [0.15, 0.2) is 11.6 Å². The van der Waals surface area contributed by atoms with E-state index in [4.69, 9.17) is 28.4 Å². The first-order valence-electron chi connectivity index (χ1n) is 24.5. The van der Waals surface area contributed by atoms with Crippen molar-refractivity contribution in [1.82, 2.24) is 0 Å². The van der Waals surface area contributed by atoms with Gasteiger partial charge in [-0.1, -0.05) is 53.2 Å². The highest BCUT2D eigenvalue weighted by Gasteiger charge is 2.74. The molecular formula is C48H76O19. The molecular weight excluding hydrogens is 881 g/mol. The van der Waals surface area contributed by atoms with Gasteiger partial charge in [0.15, 0.2) is 12.6 Å². The van der Waals surface area contributed by atoms with Crippen LogP contribution < -0.4 is 0 Å². The molecule has 0 bridgehead atoms. The summed E-state index contributed by atoms with van der Waals surface area (Å²) in [5, 5.41) is 117. The quantitative estimate of drug-likeness (QED) is 0.0829. The molecule has 4 saturated carbocycles. The molecule has 19 nitrogen and oxygen atoms in total. The second-order valence-electron chi connectivity index (χ2n) is 22.8. The molecule has 67 heavy (non-hydrogen) atoms. The van der Waals surface area contributed by atoms with Crippen LogP contribution in [0.5, 0.6) is 0 Å². The number of fused-ring (bicyclic) bond motifs is 7. The molecule has 0 aromatic heterocycles. The van der Waals surface area contributed by atoms with E-state index in [-0.39, 0.29) is 48.0 Å². The summed E-state index contributed by atoms with van der Waals surface area (Å²) in [6.45, 7) is 13.2. The van der Waals surface area contributed by atoms with E-state index >= 15 is 4.79 Å². The van der Waals surface area contributed by atoms with E-state index in [2.05, 4.69) is 47.6 Å². The predicted octanol–water partition coefficient (Wildman–Crippen LogP) is 0.0887. The molecule has 19 heteroatoms. The van der Waals surface area contributed by atoms with Crippen molar-refractivity contribution in [2.24, 2.45) is 56.7 Å². The zero-order valence-corrected chi connectivity index (χ0v) is 39.7. The molecule has 5 aliphatic carbocycles. The molecule has 0 unspecified atom stereocenters. The van der Waals surface area contributed by atoms with Gasteiger partial charge < -0.3 is 84.6 Å². The zero-order valence-electron chi connectivity index (χ0n) is 39.7. The minimum absolute atomic E-state index is 0.0658. The number of esters is 1. The van der Waals surface area contributed by atoms with Gasteiger partial charge in [-0.2, -0.15) is 0 Å². The number of aliphatic carboxylic acids is 1. The molecule has 3 saturated heterocycles. The van der Waals surface area contributed by atoms with Gasteiger partial charge >= 0.3 is 11.9 Å². The standard InChI is InChI=1S/C48H76O19/c1-20-10-15-47(43(61)67-41-38(58)35(55)32(52)25(65-41)19-62-39-36(56)34(54)31(51)24(18-49)64-39)16-17-48(42(59)60)23(29(47)21(20)2)8-9-27-45(6)13-12-28(44(4,5)26(45)11-14-46(27,48)7)66-40-37(57)33(53)30(50)22(3)63-40/h8,20-22,24-41,49-58H,9-19H2,1-7H3,(H,59,60)/t20-,21-,22-,24-,25+,26+,27-,28+,29+,30-,31-,32+,33+,34+,35-,36+,37+,38-,39-,40+,41-,45+,46-,47+,48-/m1/s1. The highest BCUT2D eigenvalue weighted by Crippen LogP contribution is 2.76. The number of carboxylic acids is 1. The molecule has 3 heterocycles. The van der Waals surface area contributed by atoms with Crippen LogP contribution in [0.1, 0.15) is 106 Å². The summed E-state index contributed by atoms with van der Waals surface area (Å²) in [5.74, 6) is -2.23. The van der Waals surface area contributed by atoms with Crippen molar-refractivity contribution in [2.75, 3.05) is 13.2 Å². The van der Waals surface area contributed by atoms with Crippen LogP contribution >= 0.6 is 0 Å². The number of carbonyl (C=O) groups excluding carboxylic acids is 1. The summed E-state index contributed by atoms with van der Waals surface area (Å²) < 4.78 is 35.3. The normalized spacial score (nSPS) is 54.0. The number of aliphatic hydroxyl groups excluding tert-OH is 10. The largest absolute Gasteiger partial charge is 0.481 e. The monoisotopic (exact) mass is 956 g/mol. The topological polar surface area (TPSA) is 312 Å². The second kappa shape index (κ2) is 18.3. The molecule has 8 aliphatic rings. The van der Waals surface area contributed by atoms with Crippen LogP contribution in [0.4, 0.5) is 0 Å². The van der Waals surface area contributed by atoms with Crippen LogP contribution in [0.2, 0.25) is 0 Å². The molecule has 0 amide bonds. The summed E-state index contributed by atoms with van der Waals surface area (Å²) >= 11 is 0. The van der Waals surface area contributed by atoms with Gasteiger partial charge in [0, 0.05) is 0 Å². The number of hydrogen-bond donors (Lipinski definition) is 11. The highest BCUT2D eigenvalue weighted by molar-refractivity contribution is 5.85. The van der Waals surface area contributed by atoms with E-state index in [1.807, 2.05) is 0 Å². The second-order valence-corrected chi connectivity index (χ2v) is 22.8. The number of carbonyl (C=O) groups is 2. The zero-order chi connectivity index (χ0) is 49.1. The highest BCUT2D eigenvalue weighted by atomic mass is 16.7. The first-order valence-corrected chi connectivity index (χ1v) is 24.5. The Morgan fingerprint density at radius 2 is 1.28 bits per heavy atom. The van der Waals surface area contributed by atoms with Crippen LogP contribution in [0, 0.1) is 56.7 Å². The van der Waals surface area contributed by atoms with Gasteiger partial charge in [0.1, 0.15) is 67.1 Å². The Hall–Kier alpha value is -1.92.